The molecule has 0 saturated carbocycles. The first kappa shape index (κ1) is 15.4. The third-order valence-corrected chi connectivity index (χ3v) is 6.08. The second kappa shape index (κ2) is 6.64. The zero-order chi connectivity index (χ0) is 14.6. The Hall–Kier alpha value is -0.990. The van der Waals surface area contributed by atoms with E-state index in [2.05, 4.69) is 15.0 Å². The minimum atomic E-state index is -3.60. The van der Waals surface area contributed by atoms with Crippen LogP contribution < -0.4 is 10.0 Å². The molecule has 0 amide bonds. The van der Waals surface area contributed by atoms with Crippen LogP contribution in [0.15, 0.2) is 23.4 Å². The van der Waals surface area contributed by atoms with Crippen LogP contribution in [-0.4, -0.2) is 41.7 Å². The lowest BCUT2D eigenvalue weighted by Crippen LogP contribution is -2.39. The molecule has 2 heterocycles. The highest BCUT2D eigenvalue weighted by Gasteiger charge is 2.25. The fraction of sp³-hybridized carbons (Fsp3) is 0.583. The van der Waals surface area contributed by atoms with E-state index < -0.39 is 20.8 Å². The molecule has 0 radical (unpaired) electrons. The summed E-state index contributed by atoms with van der Waals surface area (Å²) in [5.74, 6) is 1.11. The van der Waals surface area contributed by atoms with Gasteiger partial charge >= 0.3 is 0 Å². The summed E-state index contributed by atoms with van der Waals surface area (Å²) in [5.41, 5.74) is 0.550. The number of aromatic nitrogens is 1. The molecule has 0 spiro atoms. The van der Waals surface area contributed by atoms with Crippen LogP contribution in [0, 0.1) is 0 Å². The van der Waals surface area contributed by atoms with Crippen molar-refractivity contribution in [3.63, 3.8) is 0 Å². The maximum atomic E-state index is 12.4. The van der Waals surface area contributed by atoms with Crippen molar-refractivity contribution in [3.05, 3.63) is 18.5 Å². The molecule has 1 aliphatic rings. The number of rotatable bonds is 5. The Bertz CT molecular complexity index is 579. The summed E-state index contributed by atoms with van der Waals surface area (Å²) in [5, 5.41) is 3.02. The summed E-state index contributed by atoms with van der Waals surface area (Å²) in [4.78, 5) is 4.05. The molecule has 0 bridgehead atoms. The molecule has 0 unspecified atom stereocenters. The number of sulfonamides is 1. The van der Waals surface area contributed by atoms with Crippen molar-refractivity contribution in [1.82, 2.24) is 9.71 Å². The number of hydrogen-bond donors (Lipinski definition) is 2. The second-order valence-electron chi connectivity index (χ2n) is 4.65. The minimum Gasteiger partial charge on any atom is -0.384 e. The van der Waals surface area contributed by atoms with E-state index in [1.165, 1.54) is 6.20 Å². The van der Waals surface area contributed by atoms with E-state index in [1.807, 2.05) is 6.92 Å². The SMILES string of the molecule is CCNc1ccncc1S(=O)(=O)NC1CCS(=O)CC1. The molecule has 8 heteroatoms. The zero-order valence-electron chi connectivity index (χ0n) is 11.3. The fourth-order valence-electron chi connectivity index (χ4n) is 2.13. The highest BCUT2D eigenvalue weighted by Crippen LogP contribution is 2.21. The molecule has 2 N–H and O–H groups in total. The van der Waals surface area contributed by atoms with Gasteiger partial charge in [-0.15, -0.1) is 0 Å². The number of hydrogen-bond acceptors (Lipinski definition) is 5. The summed E-state index contributed by atoms with van der Waals surface area (Å²) in [6, 6.07) is 1.50. The van der Waals surface area contributed by atoms with Crippen molar-refractivity contribution in [2.45, 2.75) is 30.7 Å². The molecule has 1 saturated heterocycles. The van der Waals surface area contributed by atoms with E-state index in [0.717, 1.165) is 0 Å². The number of nitrogens with one attached hydrogen (secondary N) is 2. The maximum Gasteiger partial charge on any atom is 0.244 e. The maximum absolute atomic E-state index is 12.4. The molecule has 6 nitrogen and oxygen atoms in total. The lowest BCUT2D eigenvalue weighted by atomic mass is 10.2. The van der Waals surface area contributed by atoms with Gasteiger partial charge in [-0.3, -0.25) is 9.19 Å². The van der Waals surface area contributed by atoms with E-state index >= 15 is 0 Å². The van der Waals surface area contributed by atoms with Crippen molar-refractivity contribution >= 4 is 26.5 Å². The number of nitrogens with zero attached hydrogens (tertiary/aromatic N) is 1. The topological polar surface area (TPSA) is 88.2 Å². The first-order chi connectivity index (χ1) is 9.53. The van der Waals surface area contributed by atoms with Crippen LogP contribution in [-0.2, 0) is 20.8 Å². The van der Waals surface area contributed by atoms with Gasteiger partial charge in [0.2, 0.25) is 10.0 Å². The smallest absolute Gasteiger partial charge is 0.244 e. The lowest BCUT2D eigenvalue weighted by Gasteiger charge is -2.23. The Balaban J connectivity index is 2.16. The molecule has 20 heavy (non-hydrogen) atoms. The molecule has 0 aromatic carbocycles. The van der Waals surface area contributed by atoms with Gasteiger partial charge in [-0.1, -0.05) is 0 Å². The summed E-state index contributed by atoms with van der Waals surface area (Å²) >= 11 is 0. The lowest BCUT2D eigenvalue weighted by molar-refractivity contribution is 0.522. The van der Waals surface area contributed by atoms with Crippen LogP contribution in [0.4, 0.5) is 5.69 Å². The van der Waals surface area contributed by atoms with Crippen molar-refractivity contribution < 1.29 is 12.6 Å². The predicted molar refractivity (Wildman–Crippen MR) is 79.6 cm³/mol. The third kappa shape index (κ3) is 3.77. The van der Waals surface area contributed by atoms with Crippen LogP contribution >= 0.6 is 0 Å². The molecule has 0 atom stereocenters. The van der Waals surface area contributed by atoms with Crippen LogP contribution in [0.1, 0.15) is 19.8 Å². The van der Waals surface area contributed by atoms with E-state index in [4.69, 9.17) is 0 Å². The molecule has 1 aromatic heterocycles. The van der Waals surface area contributed by atoms with Crippen LogP contribution in [0.3, 0.4) is 0 Å². The van der Waals surface area contributed by atoms with Gasteiger partial charge in [-0.2, -0.15) is 0 Å². The van der Waals surface area contributed by atoms with Gasteiger partial charge in [0.25, 0.3) is 0 Å². The second-order valence-corrected chi connectivity index (χ2v) is 8.02. The molecule has 112 valence electrons. The highest BCUT2D eigenvalue weighted by atomic mass is 32.2. The first-order valence-electron chi connectivity index (χ1n) is 6.58. The summed E-state index contributed by atoms with van der Waals surface area (Å²) in [6.07, 6.45) is 4.13. The first-order valence-corrected chi connectivity index (χ1v) is 9.55. The van der Waals surface area contributed by atoms with Gasteiger partial charge in [0.05, 0.1) is 5.69 Å². The molecule has 1 fully saturated rings. The van der Waals surface area contributed by atoms with E-state index in [9.17, 15) is 12.6 Å². The van der Waals surface area contributed by atoms with Gasteiger partial charge < -0.3 is 5.32 Å². The Morgan fingerprint density at radius 3 is 2.75 bits per heavy atom. The zero-order valence-corrected chi connectivity index (χ0v) is 13.0. The number of pyridine rings is 1. The fourth-order valence-corrected chi connectivity index (χ4v) is 4.85. The molecular weight excluding hydrogens is 298 g/mol. The minimum absolute atomic E-state index is 0.146. The van der Waals surface area contributed by atoms with Crippen LogP contribution in [0.2, 0.25) is 0 Å². The van der Waals surface area contributed by atoms with Crippen LogP contribution in [0.25, 0.3) is 0 Å². The van der Waals surface area contributed by atoms with Gasteiger partial charge in [-0.05, 0) is 25.8 Å². The van der Waals surface area contributed by atoms with Gasteiger partial charge in [0, 0.05) is 47.3 Å². The van der Waals surface area contributed by atoms with Gasteiger partial charge in [-0.25, -0.2) is 13.1 Å². The van der Waals surface area contributed by atoms with Crippen molar-refractivity contribution in [2.75, 3.05) is 23.4 Å². The molecule has 1 aliphatic heterocycles. The monoisotopic (exact) mass is 317 g/mol. The average molecular weight is 317 g/mol. The summed E-state index contributed by atoms with van der Waals surface area (Å²) in [6.45, 7) is 2.54. The van der Waals surface area contributed by atoms with Gasteiger partial charge in [0.15, 0.2) is 0 Å². The quantitative estimate of drug-likeness (QED) is 0.835. The molecular formula is C12H19N3O3S2. The average Bonchev–Trinajstić information content (AvgIpc) is 2.42. The molecule has 0 aliphatic carbocycles. The molecule has 2 rings (SSSR count). The summed E-state index contributed by atoms with van der Waals surface area (Å²) in [7, 11) is -4.40. The normalized spacial score (nSPS) is 23.4. The molecule has 1 aromatic rings. The highest BCUT2D eigenvalue weighted by molar-refractivity contribution is 7.89. The Kier molecular flexibility index (Phi) is 5.11. The Morgan fingerprint density at radius 2 is 2.10 bits per heavy atom. The van der Waals surface area contributed by atoms with E-state index in [-0.39, 0.29) is 10.9 Å². The largest absolute Gasteiger partial charge is 0.384 e. The Labute approximate surface area is 121 Å². The van der Waals surface area contributed by atoms with Crippen molar-refractivity contribution in [3.8, 4) is 0 Å². The van der Waals surface area contributed by atoms with E-state index in [0.29, 0.717) is 36.6 Å². The van der Waals surface area contributed by atoms with Gasteiger partial charge in [0.1, 0.15) is 4.90 Å². The van der Waals surface area contributed by atoms with Crippen molar-refractivity contribution in [2.24, 2.45) is 0 Å². The van der Waals surface area contributed by atoms with Crippen molar-refractivity contribution in [1.29, 1.82) is 0 Å². The number of anilines is 1. The third-order valence-electron chi connectivity index (χ3n) is 3.15. The predicted octanol–water partition coefficient (Wildman–Crippen LogP) is 0.703. The standard InChI is InChI=1S/C12H19N3O3S2/c1-2-14-11-3-6-13-9-12(11)20(17,18)15-10-4-7-19(16)8-5-10/h3,6,9-10,15H,2,4-5,7-8H2,1H3,(H,13,14). The summed E-state index contributed by atoms with van der Waals surface area (Å²) < 4.78 is 38.8. The Morgan fingerprint density at radius 1 is 1.40 bits per heavy atom. The van der Waals surface area contributed by atoms with Crippen LogP contribution in [0.5, 0.6) is 0 Å². The van der Waals surface area contributed by atoms with E-state index in [1.54, 1.807) is 12.3 Å².